The maximum absolute atomic E-state index is 11.4. The van der Waals surface area contributed by atoms with E-state index in [4.69, 9.17) is 75.8 Å². The summed E-state index contributed by atoms with van der Waals surface area (Å²) in [5, 5.41) is 186. The summed E-state index contributed by atoms with van der Waals surface area (Å²) in [5.41, 5.74) is 0. The number of aliphatic hydroxyl groups excluding tert-OH is 17. The predicted octanol–water partition coefficient (Wildman–Crippen LogP) is -13.1. The second kappa shape index (κ2) is 23.3. The summed E-state index contributed by atoms with van der Waals surface area (Å²) < 4.78 is 93.6. The second-order valence-corrected chi connectivity index (χ2v) is 19.8. The molecule has 21 rings (SSSR count). The highest BCUT2D eigenvalue weighted by Gasteiger charge is 2.66. The van der Waals surface area contributed by atoms with Crippen molar-refractivity contribution < 1.29 is 163 Å². The zero-order valence-corrected chi connectivity index (χ0v) is 39.3. The summed E-state index contributed by atoms with van der Waals surface area (Å²) >= 11 is 0. The van der Waals surface area contributed by atoms with Crippen molar-refractivity contribution >= 4 is 0 Å². The van der Waals surface area contributed by atoms with Crippen molar-refractivity contribution in [2.75, 3.05) is 46.2 Å². The van der Waals surface area contributed by atoms with Crippen LogP contribution in [0.5, 0.6) is 0 Å². The van der Waals surface area contributed by atoms with Crippen LogP contribution in [0.1, 0.15) is 0 Å². The highest BCUT2D eigenvalue weighted by Crippen LogP contribution is 2.46. The molecule has 14 bridgehead atoms. The smallest absolute Gasteiger partial charge is 0.187 e. The van der Waals surface area contributed by atoms with E-state index in [0.717, 1.165) is 0 Å². The fourth-order valence-electron chi connectivity index (χ4n) is 10.9. The van der Waals surface area contributed by atoms with Gasteiger partial charge in [0.2, 0.25) is 0 Å². The molecular weight excluding hydrogens is 1030 g/mol. The maximum atomic E-state index is 11.4. The van der Waals surface area contributed by atoms with Crippen LogP contribution in [0.25, 0.3) is 0 Å². The third kappa shape index (κ3) is 10.6. The van der Waals surface area contributed by atoms with Gasteiger partial charge in [0.1, 0.15) is 171 Å². The van der Waals surface area contributed by atoms with E-state index in [-0.39, 0.29) is 0 Å². The molecule has 0 aromatic rings. The van der Waals surface area contributed by atoms with Crippen molar-refractivity contribution in [2.45, 2.75) is 215 Å². The zero-order valence-electron chi connectivity index (χ0n) is 39.3. The van der Waals surface area contributed by atoms with Gasteiger partial charge in [-0.2, -0.15) is 0 Å². The fraction of sp³-hybridized carbons (Fsp3) is 1.00. The lowest BCUT2D eigenvalue weighted by Crippen LogP contribution is -2.68. The van der Waals surface area contributed by atoms with E-state index in [1.54, 1.807) is 0 Å². The van der Waals surface area contributed by atoms with Gasteiger partial charge in [0.15, 0.2) is 44.0 Å². The van der Waals surface area contributed by atoms with E-state index < -0.39 is 261 Å². The van der Waals surface area contributed by atoms with Crippen LogP contribution in [0, 0.1) is 0 Å². The standard InChI is InChI=1S/C42H66O33/c43-1-8-25-15(50)20(55)36(60-8)70-26-9(2-44)62-38(22(57)16(26)51)72-28-11(4-46)64-40(24(59)18(28)53)74-30-13(6-48)66-42(35-32(30)67-35)75-31-14(7-49)65-41(34-33(31)68-34)73-29-12(5-47)63-39(23(58)19(29)54)71-27-10(3-45)61-37(69-25)21(56)17(27)52/h8-59H,1-7H2/t8-,9-,10-,11-,12-,13-,14-,15-,16-,17-,18-,19-,20-,21-,22-,23-,24-,25-,26-,27-,28-,29-,30-,31-,32+,33+,34+,35+,36-,37-,38-,39-,40-,41-,42-/m1/s1. The molecule has 0 aromatic heterocycles. The Labute approximate surface area is 423 Å². The zero-order chi connectivity index (χ0) is 53.5. The lowest BCUT2D eigenvalue weighted by molar-refractivity contribution is -0.395. The lowest BCUT2D eigenvalue weighted by atomic mass is 9.95. The monoisotopic (exact) mass is 1100 g/mol. The quantitative estimate of drug-likeness (QED) is 0.105. The number of epoxide rings is 2. The molecule has 0 amide bonds. The van der Waals surface area contributed by atoms with Crippen LogP contribution in [0.15, 0.2) is 0 Å². The highest BCUT2D eigenvalue weighted by atomic mass is 16.8. The van der Waals surface area contributed by atoms with Crippen molar-refractivity contribution in [2.24, 2.45) is 0 Å². The molecule has 21 aliphatic heterocycles. The fourth-order valence-corrected chi connectivity index (χ4v) is 10.9. The number of ether oxygens (including phenoxy) is 16. The van der Waals surface area contributed by atoms with Crippen molar-refractivity contribution in [3.63, 3.8) is 0 Å². The number of rotatable bonds is 7. The van der Waals surface area contributed by atoms with Crippen LogP contribution >= 0.6 is 0 Å². The van der Waals surface area contributed by atoms with E-state index in [9.17, 15) is 86.8 Å². The Balaban J connectivity index is 0.908. The average Bonchev–Trinajstić information content (AvgIpc) is 4.37. The van der Waals surface area contributed by atoms with Crippen molar-refractivity contribution in [1.82, 2.24) is 0 Å². The first-order valence-corrected chi connectivity index (χ1v) is 24.5. The lowest BCUT2D eigenvalue weighted by Gasteiger charge is -2.49. The first-order chi connectivity index (χ1) is 36.0. The van der Waals surface area contributed by atoms with Gasteiger partial charge in [-0.25, -0.2) is 0 Å². The minimum absolute atomic E-state index is 0.700. The Morgan fingerprint density at radius 2 is 0.333 bits per heavy atom. The van der Waals surface area contributed by atoms with Gasteiger partial charge >= 0.3 is 0 Å². The minimum atomic E-state index is -2.16. The van der Waals surface area contributed by atoms with Gasteiger partial charge in [-0.3, -0.25) is 0 Å². The molecule has 21 aliphatic rings. The van der Waals surface area contributed by atoms with E-state index in [0.29, 0.717) is 0 Å². The van der Waals surface area contributed by atoms with Gasteiger partial charge in [-0.1, -0.05) is 0 Å². The third-order valence-electron chi connectivity index (χ3n) is 15.2. The number of hydrogen-bond donors (Lipinski definition) is 17. The van der Waals surface area contributed by atoms with E-state index in [2.05, 4.69) is 0 Å². The van der Waals surface area contributed by atoms with Gasteiger partial charge < -0.3 is 163 Å². The highest BCUT2D eigenvalue weighted by molar-refractivity contribution is 5.07. The molecule has 0 aliphatic carbocycles. The summed E-state index contributed by atoms with van der Waals surface area (Å²) in [6, 6.07) is 0. The second-order valence-electron chi connectivity index (χ2n) is 19.8. The number of fused-ring (bicyclic) bond motifs is 2. The van der Waals surface area contributed by atoms with Crippen LogP contribution in [-0.2, 0) is 75.8 Å². The molecule has 0 radical (unpaired) electrons. The summed E-state index contributed by atoms with van der Waals surface area (Å²) in [7, 11) is 0. The van der Waals surface area contributed by atoms with Crippen molar-refractivity contribution in [3.05, 3.63) is 0 Å². The van der Waals surface area contributed by atoms with Crippen LogP contribution < -0.4 is 0 Å². The molecule has 0 saturated carbocycles. The van der Waals surface area contributed by atoms with E-state index in [1.165, 1.54) is 0 Å². The first kappa shape index (κ1) is 56.9. The molecule has 0 spiro atoms. The summed E-state index contributed by atoms with van der Waals surface area (Å²) in [5.74, 6) is 0. The van der Waals surface area contributed by atoms with Gasteiger partial charge in [0, 0.05) is 0 Å². The number of aliphatic hydroxyl groups is 17. The van der Waals surface area contributed by atoms with E-state index >= 15 is 0 Å². The molecule has 21 saturated heterocycles. The van der Waals surface area contributed by atoms with Gasteiger partial charge in [-0.15, -0.1) is 0 Å². The van der Waals surface area contributed by atoms with Crippen LogP contribution in [0.4, 0.5) is 0 Å². The maximum Gasteiger partial charge on any atom is 0.187 e. The molecule has 21 fully saturated rings. The Bertz CT molecular complexity index is 1860. The predicted molar refractivity (Wildman–Crippen MR) is 222 cm³/mol. The van der Waals surface area contributed by atoms with E-state index in [1.807, 2.05) is 0 Å². The Morgan fingerprint density at radius 1 is 0.160 bits per heavy atom. The van der Waals surface area contributed by atoms with Crippen LogP contribution in [0.3, 0.4) is 0 Å². The summed E-state index contributed by atoms with van der Waals surface area (Å²) in [6.45, 7) is -6.20. The largest absolute Gasteiger partial charge is 0.394 e. The summed E-state index contributed by atoms with van der Waals surface area (Å²) in [6.07, 6.45) is -58.2. The molecule has 432 valence electrons. The molecule has 0 unspecified atom stereocenters. The molecule has 33 heteroatoms. The molecule has 0 aromatic carbocycles. The summed E-state index contributed by atoms with van der Waals surface area (Å²) in [4.78, 5) is 0. The molecule has 35 atom stereocenters. The van der Waals surface area contributed by atoms with Crippen molar-refractivity contribution in [1.29, 1.82) is 0 Å². The number of hydrogen-bond acceptors (Lipinski definition) is 33. The molecule has 21 heterocycles. The van der Waals surface area contributed by atoms with Gasteiger partial charge in [0.05, 0.1) is 46.2 Å². The van der Waals surface area contributed by atoms with Crippen LogP contribution in [-0.4, -0.2) is 348 Å². The Morgan fingerprint density at radius 3 is 0.560 bits per heavy atom. The van der Waals surface area contributed by atoms with Gasteiger partial charge in [0.25, 0.3) is 0 Å². The molecule has 75 heavy (non-hydrogen) atoms. The molecular formula is C42H66O33. The SMILES string of the molecule is OC[C@H]1O[C@@H]2O[C@H]3[C@H](O)[C@@H](O)[C@@H](O[C@H]4[C@H](O)[C@@H](O)[C@@H](O[C@H]5[C@@H]6O[C@@H]6[C@@H](O[C@H]6[C@@H]7O[C@@H]7[C@@H](O[C@H]7[C@H](O)[C@@H](O)[C@@H](O[C@H]8[C@H](O)[C@@H](O)[C@@H](O[C@H]1[C@H](O)[C@H]2O)O[C@@H]8CO)O[C@@H]7CO)O[C@@H]6CO)O[C@@H]5CO)O[C@@H]4CO)O[C@@H]3CO. The van der Waals surface area contributed by atoms with Gasteiger partial charge in [-0.05, 0) is 0 Å². The normalized spacial score (nSPS) is 57.3. The minimum Gasteiger partial charge on any atom is -0.394 e. The Hall–Kier alpha value is -1.32. The molecule has 17 N–H and O–H groups in total. The first-order valence-electron chi connectivity index (χ1n) is 24.5. The topological polar surface area (TPSA) is 498 Å². The van der Waals surface area contributed by atoms with Crippen LogP contribution in [0.2, 0.25) is 0 Å². The van der Waals surface area contributed by atoms with Crippen molar-refractivity contribution in [3.8, 4) is 0 Å². The third-order valence-corrected chi connectivity index (χ3v) is 15.2. The average molecular weight is 1100 g/mol. The Kier molecular flexibility index (Phi) is 17.7. The molecule has 33 nitrogen and oxygen atoms in total.